The van der Waals surface area contributed by atoms with Gasteiger partial charge in [-0.25, -0.2) is 4.90 Å². The van der Waals surface area contributed by atoms with Crippen LogP contribution in [0.2, 0.25) is 0 Å². The molecule has 0 bridgehead atoms. The molecule has 206 valence electrons. The fraction of sp³-hybridized carbons (Fsp3) is 0.281. The van der Waals surface area contributed by atoms with E-state index in [-0.39, 0.29) is 11.8 Å². The van der Waals surface area contributed by atoms with Gasteiger partial charge in [-0.1, -0.05) is 43.3 Å². The second kappa shape index (κ2) is 8.68. The molecular formula is C32H28N4O5. The monoisotopic (exact) mass is 548 g/mol. The van der Waals surface area contributed by atoms with Crippen LogP contribution in [0.3, 0.4) is 0 Å². The summed E-state index contributed by atoms with van der Waals surface area (Å²) in [6, 6.07) is 18.4. The number of para-hydroxylation sites is 2. The van der Waals surface area contributed by atoms with Gasteiger partial charge in [0.2, 0.25) is 17.7 Å². The number of benzene rings is 3. The van der Waals surface area contributed by atoms with E-state index in [1.807, 2.05) is 55.6 Å². The number of imide groups is 1. The largest absolute Gasteiger partial charge is 0.486 e. The van der Waals surface area contributed by atoms with Crippen molar-refractivity contribution < 1.29 is 23.9 Å². The molecule has 4 aliphatic heterocycles. The van der Waals surface area contributed by atoms with Crippen molar-refractivity contribution in [2.45, 2.75) is 31.3 Å². The maximum Gasteiger partial charge on any atom is 0.250 e. The fourth-order valence-electron chi connectivity index (χ4n) is 7.32. The zero-order chi connectivity index (χ0) is 27.9. The van der Waals surface area contributed by atoms with Gasteiger partial charge in [0.25, 0.3) is 0 Å². The standard InChI is InChI=1S/C32H28N4O5/c1-2-17-6-5-8-21-28(17)34-31(39)32(21)27-26(23(35-32)14-18-16-33-22-9-4-3-7-20(18)22)29(37)36(30(27)38)19-10-11-24-25(15-19)41-13-12-40-24/h3-11,15-16,23,26-27,33,35H,2,12-14H2,1H3,(H,34,39)/t23-,26+,27+,32+/m0/s1. The summed E-state index contributed by atoms with van der Waals surface area (Å²) in [6.45, 7) is 2.86. The first-order chi connectivity index (χ1) is 20.0. The molecule has 1 spiro atoms. The number of nitrogens with one attached hydrogen (secondary N) is 3. The third-order valence-corrected chi connectivity index (χ3v) is 9.12. The average Bonchev–Trinajstić information content (AvgIpc) is 3.71. The molecule has 3 N–H and O–H groups in total. The van der Waals surface area contributed by atoms with E-state index in [4.69, 9.17) is 9.47 Å². The quantitative estimate of drug-likeness (QED) is 0.336. The Labute approximate surface area is 235 Å². The van der Waals surface area contributed by atoms with E-state index in [0.717, 1.165) is 39.7 Å². The predicted molar refractivity (Wildman–Crippen MR) is 152 cm³/mol. The number of rotatable bonds is 4. The molecule has 3 aromatic carbocycles. The number of hydrogen-bond acceptors (Lipinski definition) is 6. The molecule has 2 saturated heterocycles. The number of fused-ring (bicyclic) bond motifs is 6. The zero-order valence-electron chi connectivity index (χ0n) is 22.4. The minimum Gasteiger partial charge on any atom is -0.486 e. The van der Waals surface area contributed by atoms with Gasteiger partial charge in [0.05, 0.1) is 17.5 Å². The summed E-state index contributed by atoms with van der Waals surface area (Å²) in [5, 5.41) is 7.70. The van der Waals surface area contributed by atoms with Crippen molar-refractivity contribution >= 4 is 40.0 Å². The molecule has 1 aromatic heterocycles. The Morgan fingerprint density at radius 3 is 2.61 bits per heavy atom. The summed E-state index contributed by atoms with van der Waals surface area (Å²) in [5.74, 6) is -1.60. The second-order valence-corrected chi connectivity index (χ2v) is 11.1. The van der Waals surface area contributed by atoms with Crippen molar-refractivity contribution in [1.82, 2.24) is 10.3 Å². The molecule has 2 fully saturated rings. The minimum absolute atomic E-state index is 0.296. The lowest BCUT2D eigenvalue weighted by molar-refractivity contribution is -0.130. The van der Waals surface area contributed by atoms with Crippen LogP contribution < -0.4 is 25.0 Å². The first-order valence-electron chi connectivity index (χ1n) is 14.0. The molecule has 0 saturated carbocycles. The van der Waals surface area contributed by atoms with Crippen LogP contribution in [0, 0.1) is 11.8 Å². The number of nitrogens with zero attached hydrogens (tertiary/aromatic N) is 1. The highest BCUT2D eigenvalue weighted by atomic mass is 16.6. The van der Waals surface area contributed by atoms with Gasteiger partial charge >= 0.3 is 0 Å². The molecule has 0 aliphatic carbocycles. The van der Waals surface area contributed by atoms with Crippen molar-refractivity contribution in [2.24, 2.45) is 11.8 Å². The third-order valence-electron chi connectivity index (χ3n) is 9.12. The van der Waals surface area contributed by atoms with Crippen molar-refractivity contribution in [2.75, 3.05) is 23.4 Å². The molecule has 9 heteroatoms. The van der Waals surface area contributed by atoms with Crippen molar-refractivity contribution in [3.8, 4) is 11.5 Å². The lowest BCUT2D eigenvalue weighted by atomic mass is 9.76. The Kier molecular flexibility index (Phi) is 5.12. The van der Waals surface area contributed by atoms with Crippen LogP contribution in [-0.2, 0) is 32.8 Å². The van der Waals surface area contributed by atoms with Gasteiger partial charge in [0, 0.05) is 40.5 Å². The van der Waals surface area contributed by atoms with E-state index in [1.165, 1.54) is 4.90 Å². The highest BCUT2D eigenvalue weighted by molar-refractivity contribution is 6.26. The molecule has 4 aliphatic rings. The number of anilines is 2. The molecule has 8 rings (SSSR count). The van der Waals surface area contributed by atoms with Gasteiger partial charge in [-0.3, -0.25) is 19.7 Å². The van der Waals surface area contributed by atoms with Crippen LogP contribution in [0.15, 0.2) is 66.9 Å². The molecule has 41 heavy (non-hydrogen) atoms. The van der Waals surface area contributed by atoms with Gasteiger partial charge in [-0.15, -0.1) is 0 Å². The van der Waals surface area contributed by atoms with E-state index < -0.39 is 29.3 Å². The molecule has 0 unspecified atom stereocenters. The topological polar surface area (TPSA) is 113 Å². The summed E-state index contributed by atoms with van der Waals surface area (Å²) in [5.41, 5.74) is 3.52. The summed E-state index contributed by atoms with van der Waals surface area (Å²) in [6.07, 6.45) is 3.14. The van der Waals surface area contributed by atoms with Crippen LogP contribution in [-0.4, -0.2) is 42.0 Å². The van der Waals surface area contributed by atoms with Crippen LogP contribution in [0.1, 0.15) is 23.6 Å². The Bertz CT molecular complexity index is 1780. The molecule has 5 heterocycles. The number of ether oxygens (including phenoxy) is 2. The summed E-state index contributed by atoms with van der Waals surface area (Å²) < 4.78 is 11.4. The lowest BCUT2D eigenvalue weighted by Crippen LogP contribution is -2.53. The third kappa shape index (κ3) is 3.23. The Morgan fingerprint density at radius 1 is 0.927 bits per heavy atom. The highest BCUT2D eigenvalue weighted by Gasteiger charge is 2.70. The normalized spacial score (nSPS) is 26.1. The highest BCUT2D eigenvalue weighted by Crippen LogP contribution is 2.55. The molecule has 4 atom stereocenters. The zero-order valence-corrected chi connectivity index (χ0v) is 22.4. The van der Waals surface area contributed by atoms with Gasteiger partial charge in [-0.05, 0) is 42.2 Å². The molecule has 9 nitrogen and oxygen atoms in total. The Hall–Kier alpha value is -4.63. The number of hydrogen-bond donors (Lipinski definition) is 3. The number of carbonyl (C=O) groups excluding carboxylic acids is 3. The van der Waals surface area contributed by atoms with Crippen molar-refractivity contribution in [3.63, 3.8) is 0 Å². The molecule has 0 radical (unpaired) electrons. The predicted octanol–water partition coefficient (Wildman–Crippen LogP) is 3.67. The number of aryl methyl sites for hydroxylation is 1. The lowest BCUT2D eigenvalue weighted by Gasteiger charge is -2.30. The summed E-state index contributed by atoms with van der Waals surface area (Å²) in [4.78, 5) is 47.3. The minimum atomic E-state index is -1.36. The number of aromatic amines is 1. The second-order valence-electron chi connectivity index (χ2n) is 11.1. The van der Waals surface area contributed by atoms with Gasteiger partial charge in [-0.2, -0.15) is 0 Å². The number of aromatic nitrogens is 1. The van der Waals surface area contributed by atoms with E-state index in [0.29, 0.717) is 36.8 Å². The summed E-state index contributed by atoms with van der Waals surface area (Å²) in [7, 11) is 0. The van der Waals surface area contributed by atoms with Crippen LogP contribution in [0.4, 0.5) is 11.4 Å². The Balaban J connectivity index is 1.27. The first kappa shape index (κ1) is 24.2. The molecule has 3 amide bonds. The smallest absolute Gasteiger partial charge is 0.250 e. The SMILES string of the molecule is CCc1cccc2c1NC(=O)[C@@]21N[C@@H](Cc2c[nH]c3ccccc23)[C@H]2C(=O)N(c3ccc4c(c3)OCCO4)C(=O)[C@@H]21. The molecular weight excluding hydrogens is 520 g/mol. The number of H-pyrrole nitrogens is 1. The first-order valence-corrected chi connectivity index (χ1v) is 14.0. The van der Waals surface area contributed by atoms with E-state index >= 15 is 0 Å². The number of amides is 3. The maximum atomic E-state index is 14.4. The average molecular weight is 549 g/mol. The van der Waals surface area contributed by atoms with Gasteiger partial charge in [0.15, 0.2) is 11.5 Å². The molecule has 4 aromatic rings. The summed E-state index contributed by atoms with van der Waals surface area (Å²) >= 11 is 0. The van der Waals surface area contributed by atoms with Crippen LogP contribution in [0.25, 0.3) is 10.9 Å². The van der Waals surface area contributed by atoms with Gasteiger partial charge in [0.1, 0.15) is 18.8 Å². The van der Waals surface area contributed by atoms with Crippen LogP contribution >= 0.6 is 0 Å². The van der Waals surface area contributed by atoms with E-state index in [2.05, 4.69) is 15.6 Å². The fourth-order valence-corrected chi connectivity index (χ4v) is 7.32. The van der Waals surface area contributed by atoms with Crippen molar-refractivity contribution in [3.05, 3.63) is 83.6 Å². The van der Waals surface area contributed by atoms with E-state index in [1.54, 1.807) is 18.2 Å². The van der Waals surface area contributed by atoms with Crippen molar-refractivity contribution in [1.29, 1.82) is 0 Å². The Morgan fingerprint density at radius 2 is 1.76 bits per heavy atom. The van der Waals surface area contributed by atoms with Gasteiger partial charge < -0.3 is 19.8 Å². The van der Waals surface area contributed by atoms with Crippen LogP contribution in [0.5, 0.6) is 11.5 Å². The van der Waals surface area contributed by atoms with E-state index in [9.17, 15) is 14.4 Å². The number of carbonyl (C=O) groups is 3. The maximum absolute atomic E-state index is 14.4.